The Kier molecular flexibility index (Phi) is 7.41. The molecule has 1 unspecified atom stereocenters. The van der Waals surface area contributed by atoms with Gasteiger partial charge in [0.15, 0.2) is 5.82 Å². The molecular formula is C26H29F2N5O. The monoisotopic (exact) mass is 465 g/mol. The van der Waals surface area contributed by atoms with E-state index in [1.54, 1.807) is 44.4 Å². The first kappa shape index (κ1) is 25.0. The van der Waals surface area contributed by atoms with Gasteiger partial charge in [-0.3, -0.25) is 4.98 Å². The van der Waals surface area contributed by atoms with Gasteiger partial charge in [0, 0.05) is 35.3 Å². The molecule has 6 nitrogen and oxygen atoms in total. The third-order valence-corrected chi connectivity index (χ3v) is 5.57. The summed E-state index contributed by atoms with van der Waals surface area (Å²) in [6, 6.07) is 8.87. The van der Waals surface area contributed by atoms with E-state index in [4.69, 9.17) is 11.5 Å². The van der Waals surface area contributed by atoms with Crippen molar-refractivity contribution in [1.29, 1.82) is 0 Å². The molecule has 5 N–H and O–H groups in total. The number of nitrogens with zero attached hydrogens (tertiary/aromatic N) is 3. The Labute approximate surface area is 198 Å². The summed E-state index contributed by atoms with van der Waals surface area (Å²) in [6.45, 7) is 7.09. The maximum atomic E-state index is 14.1. The molecule has 0 radical (unpaired) electrons. The summed E-state index contributed by atoms with van der Waals surface area (Å²) in [5, 5.41) is 10.3. The number of allylic oxidation sites excluding steroid dienone is 3. The van der Waals surface area contributed by atoms with Gasteiger partial charge >= 0.3 is 0 Å². The number of benzene rings is 1. The first-order valence-electron chi connectivity index (χ1n) is 10.9. The van der Waals surface area contributed by atoms with E-state index in [0.29, 0.717) is 40.5 Å². The fourth-order valence-corrected chi connectivity index (χ4v) is 3.52. The van der Waals surface area contributed by atoms with Crippen LogP contribution in [0.1, 0.15) is 57.0 Å². The molecule has 0 aliphatic rings. The number of rotatable bonds is 7. The summed E-state index contributed by atoms with van der Waals surface area (Å²) < 4.78 is 28.3. The highest BCUT2D eigenvalue weighted by molar-refractivity contribution is 5.67. The maximum Gasteiger partial charge on any atom is 0.159 e. The van der Waals surface area contributed by atoms with Crippen molar-refractivity contribution in [3.05, 3.63) is 94.7 Å². The third kappa shape index (κ3) is 5.46. The quantitative estimate of drug-likeness (QED) is 0.434. The maximum absolute atomic E-state index is 14.1. The Morgan fingerprint density at radius 2 is 1.74 bits per heavy atom. The van der Waals surface area contributed by atoms with E-state index < -0.39 is 17.2 Å². The van der Waals surface area contributed by atoms with E-state index in [-0.39, 0.29) is 17.2 Å². The van der Waals surface area contributed by atoms with Crippen molar-refractivity contribution in [2.24, 2.45) is 11.5 Å². The first-order valence-corrected chi connectivity index (χ1v) is 10.9. The fourth-order valence-electron chi connectivity index (χ4n) is 3.52. The van der Waals surface area contributed by atoms with Crippen molar-refractivity contribution in [1.82, 2.24) is 15.0 Å². The predicted octanol–water partition coefficient (Wildman–Crippen LogP) is 4.77. The molecule has 178 valence electrons. The summed E-state index contributed by atoms with van der Waals surface area (Å²) in [5.41, 5.74) is 14.1. The molecule has 0 saturated carbocycles. The second-order valence-corrected chi connectivity index (χ2v) is 8.55. The number of pyridine rings is 1. The van der Waals surface area contributed by atoms with Gasteiger partial charge in [0.1, 0.15) is 17.2 Å². The Bertz CT molecular complexity index is 1230. The highest BCUT2D eigenvalue weighted by atomic mass is 19.1. The average Bonchev–Trinajstić information content (AvgIpc) is 2.81. The van der Waals surface area contributed by atoms with E-state index in [9.17, 15) is 13.9 Å². The van der Waals surface area contributed by atoms with Crippen molar-refractivity contribution in [3.8, 4) is 11.4 Å². The fraction of sp³-hybridized carbons (Fsp3) is 0.269. The van der Waals surface area contributed by atoms with Crippen molar-refractivity contribution < 1.29 is 13.9 Å². The van der Waals surface area contributed by atoms with Gasteiger partial charge in [-0.2, -0.15) is 0 Å². The molecule has 2 aromatic heterocycles. The van der Waals surface area contributed by atoms with Crippen LogP contribution in [-0.4, -0.2) is 20.1 Å². The number of hydrogen-bond acceptors (Lipinski definition) is 6. The molecule has 0 fully saturated rings. The van der Waals surface area contributed by atoms with E-state index >= 15 is 0 Å². The highest BCUT2D eigenvalue weighted by Gasteiger charge is 2.20. The SMILES string of the molecule is CCC(/C=C(\N)c1c(F)cccc1F)=C(/N)C(C)c1ccnc(-c2ccnc(C(C)(C)O)c2)n1. The van der Waals surface area contributed by atoms with E-state index in [1.165, 1.54) is 12.1 Å². The largest absolute Gasteiger partial charge is 0.401 e. The minimum atomic E-state index is -1.10. The van der Waals surface area contributed by atoms with Crippen LogP contribution in [-0.2, 0) is 5.60 Å². The van der Waals surface area contributed by atoms with Crippen molar-refractivity contribution in [2.75, 3.05) is 0 Å². The Balaban J connectivity index is 1.98. The van der Waals surface area contributed by atoms with Gasteiger partial charge < -0.3 is 16.6 Å². The summed E-state index contributed by atoms with van der Waals surface area (Å²) in [6.07, 6.45) is 5.25. The van der Waals surface area contributed by atoms with Gasteiger partial charge in [0.25, 0.3) is 0 Å². The molecule has 1 atom stereocenters. The summed E-state index contributed by atoms with van der Waals surface area (Å²) in [5.74, 6) is -1.33. The second-order valence-electron chi connectivity index (χ2n) is 8.55. The average molecular weight is 466 g/mol. The zero-order chi connectivity index (χ0) is 25.0. The second kappa shape index (κ2) is 10.1. The van der Waals surface area contributed by atoms with Crippen LogP contribution in [0.15, 0.2) is 66.1 Å². The molecule has 0 aliphatic heterocycles. The van der Waals surface area contributed by atoms with Crippen LogP contribution in [0.25, 0.3) is 17.1 Å². The van der Waals surface area contributed by atoms with Crippen LogP contribution < -0.4 is 11.5 Å². The van der Waals surface area contributed by atoms with Crippen molar-refractivity contribution >= 4 is 5.70 Å². The minimum absolute atomic E-state index is 0.0399. The van der Waals surface area contributed by atoms with Gasteiger partial charge in [-0.1, -0.05) is 19.9 Å². The molecule has 0 saturated heterocycles. The van der Waals surface area contributed by atoms with Gasteiger partial charge in [-0.25, -0.2) is 18.7 Å². The molecule has 0 aliphatic carbocycles. The van der Waals surface area contributed by atoms with E-state index in [0.717, 1.165) is 12.1 Å². The van der Waals surface area contributed by atoms with Crippen LogP contribution in [0.2, 0.25) is 0 Å². The lowest BCUT2D eigenvalue weighted by molar-refractivity contribution is 0.0739. The summed E-state index contributed by atoms with van der Waals surface area (Å²) in [4.78, 5) is 13.2. The third-order valence-electron chi connectivity index (χ3n) is 5.57. The Hall–Kier alpha value is -3.65. The molecule has 34 heavy (non-hydrogen) atoms. The van der Waals surface area contributed by atoms with E-state index in [1.807, 2.05) is 13.8 Å². The Morgan fingerprint density at radius 3 is 2.35 bits per heavy atom. The minimum Gasteiger partial charge on any atom is -0.401 e. The summed E-state index contributed by atoms with van der Waals surface area (Å²) >= 11 is 0. The highest BCUT2D eigenvalue weighted by Crippen LogP contribution is 2.28. The van der Waals surface area contributed by atoms with Gasteiger partial charge in [-0.05, 0) is 62.2 Å². The lowest BCUT2D eigenvalue weighted by Gasteiger charge is -2.18. The first-order chi connectivity index (χ1) is 16.0. The molecule has 0 bridgehead atoms. The molecule has 2 heterocycles. The standard InChI is InChI=1S/C26H29F2N5O/c1-5-16(13-20(29)23-18(27)7-6-8-19(23)28)24(30)15(2)21-10-12-32-25(33-21)17-9-11-31-22(14-17)26(3,4)34/h6-15,34H,5,29-30H2,1-4H3/b20-13-,24-16-. The number of hydrogen-bond donors (Lipinski definition) is 3. The van der Waals surface area contributed by atoms with Crippen molar-refractivity contribution in [2.45, 2.75) is 45.6 Å². The normalized spacial score (nSPS) is 14.0. The number of halogens is 2. The van der Waals surface area contributed by atoms with Crippen LogP contribution in [0, 0.1) is 11.6 Å². The Morgan fingerprint density at radius 1 is 1.09 bits per heavy atom. The molecule has 0 spiro atoms. The van der Waals surface area contributed by atoms with Crippen LogP contribution >= 0.6 is 0 Å². The molecule has 0 amide bonds. The topological polar surface area (TPSA) is 111 Å². The molecule has 8 heteroatoms. The van der Waals surface area contributed by atoms with Gasteiger partial charge in [-0.15, -0.1) is 0 Å². The molecule has 1 aromatic carbocycles. The predicted molar refractivity (Wildman–Crippen MR) is 129 cm³/mol. The zero-order valence-electron chi connectivity index (χ0n) is 19.7. The van der Waals surface area contributed by atoms with Crippen LogP contribution in [0.3, 0.4) is 0 Å². The van der Waals surface area contributed by atoms with Crippen LogP contribution in [0.5, 0.6) is 0 Å². The molecule has 3 aromatic rings. The lowest BCUT2D eigenvalue weighted by atomic mass is 9.96. The smallest absolute Gasteiger partial charge is 0.159 e. The number of nitrogens with two attached hydrogens (primary N) is 2. The molecule has 3 rings (SSSR count). The van der Waals surface area contributed by atoms with E-state index in [2.05, 4.69) is 15.0 Å². The van der Waals surface area contributed by atoms with Crippen LogP contribution in [0.4, 0.5) is 8.78 Å². The number of aromatic nitrogens is 3. The number of aliphatic hydroxyl groups is 1. The van der Waals surface area contributed by atoms with Crippen molar-refractivity contribution in [3.63, 3.8) is 0 Å². The summed E-state index contributed by atoms with van der Waals surface area (Å²) in [7, 11) is 0. The lowest BCUT2D eigenvalue weighted by Crippen LogP contribution is -2.17. The van der Waals surface area contributed by atoms with Gasteiger partial charge in [0.05, 0.1) is 17.0 Å². The molecular weight excluding hydrogens is 436 g/mol. The zero-order valence-corrected chi connectivity index (χ0v) is 19.7. The van der Waals surface area contributed by atoms with Gasteiger partial charge in [0.2, 0.25) is 0 Å².